The molecule has 0 saturated carbocycles. The highest BCUT2D eigenvalue weighted by molar-refractivity contribution is 6.04. The molecule has 2 amide bonds. The van der Waals surface area contributed by atoms with Gasteiger partial charge < -0.3 is 10.6 Å². The molecule has 34 heavy (non-hydrogen) atoms. The number of aryl methyl sites for hydroxylation is 3. The summed E-state index contributed by atoms with van der Waals surface area (Å²) in [5.74, 6) is 0. The summed E-state index contributed by atoms with van der Waals surface area (Å²) in [4.78, 5) is 17.8. The maximum absolute atomic E-state index is 13.3. The van der Waals surface area contributed by atoms with Crippen LogP contribution in [0.25, 0.3) is 11.1 Å². The number of piperazine rings is 1. The van der Waals surface area contributed by atoms with Gasteiger partial charge in [0.1, 0.15) is 0 Å². The summed E-state index contributed by atoms with van der Waals surface area (Å²) < 4.78 is 0. The van der Waals surface area contributed by atoms with Gasteiger partial charge in [-0.15, -0.1) is 0 Å². The molecule has 3 aliphatic heterocycles. The molecule has 3 aliphatic rings. The molecule has 2 bridgehead atoms. The van der Waals surface area contributed by atoms with E-state index in [1.165, 1.54) is 34.2 Å². The molecule has 5 nitrogen and oxygen atoms in total. The molecule has 3 heterocycles. The largest absolute Gasteiger partial charge is 0.333 e. The van der Waals surface area contributed by atoms with Crippen LogP contribution in [-0.4, -0.2) is 36.1 Å². The lowest BCUT2D eigenvalue weighted by Crippen LogP contribution is -2.43. The van der Waals surface area contributed by atoms with Crippen molar-refractivity contribution < 1.29 is 4.79 Å². The quantitative estimate of drug-likeness (QED) is 0.573. The van der Waals surface area contributed by atoms with E-state index < -0.39 is 0 Å². The molecule has 0 aromatic heterocycles. The van der Waals surface area contributed by atoms with Crippen LogP contribution >= 0.6 is 0 Å². The highest BCUT2D eigenvalue weighted by Gasteiger charge is 2.38. The number of hydrogen-bond donors (Lipinski definition) is 2. The Morgan fingerprint density at radius 3 is 2.41 bits per heavy atom. The van der Waals surface area contributed by atoms with Crippen LogP contribution in [0.5, 0.6) is 0 Å². The molecule has 6 rings (SSSR count). The number of nitrogens with one attached hydrogen (secondary N) is 2. The summed E-state index contributed by atoms with van der Waals surface area (Å²) in [5, 5.41) is 6.76. The van der Waals surface area contributed by atoms with Crippen LogP contribution in [0.2, 0.25) is 0 Å². The number of hydrogen-bond acceptors (Lipinski definition) is 3. The zero-order chi connectivity index (χ0) is 23.4. The number of carbonyl (C=O) groups is 1. The minimum atomic E-state index is -0.0535. The first-order valence-electron chi connectivity index (χ1n) is 12.3. The molecule has 2 unspecified atom stereocenters. The molecule has 174 valence electrons. The standard InChI is InChI=1S/C29H32N4O/c1-18-7-4-5-10-24(18)25-11-21(16-32-17-22-13-23(32)14-30-22)12-27-26(25)15-31-29(34)33(27)28-19(2)8-6-9-20(28)3/h4-12,22-23,30H,13-17H2,1-3H3,(H,31,34). The van der Waals surface area contributed by atoms with Crippen LogP contribution in [0, 0.1) is 20.8 Å². The Kier molecular flexibility index (Phi) is 5.19. The van der Waals surface area contributed by atoms with E-state index in [0.29, 0.717) is 18.6 Å². The van der Waals surface area contributed by atoms with E-state index in [1.54, 1.807) is 0 Å². The van der Waals surface area contributed by atoms with Gasteiger partial charge in [0, 0.05) is 43.8 Å². The molecular formula is C29H32N4O. The SMILES string of the molecule is Cc1ccccc1-c1cc(CN2CC3CC2CN3)cc2c1CNC(=O)N2c1c(C)cccc1C. The summed E-state index contributed by atoms with van der Waals surface area (Å²) in [6, 6.07) is 20.6. The molecule has 3 aromatic rings. The summed E-state index contributed by atoms with van der Waals surface area (Å²) in [6.45, 7) is 9.98. The third-order valence-corrected chi connectivity index (χ3v) is 7.80. The Morgan fingerprint density at radius 2 is 1.71 bits per heavy atom. The number of urea groups is 1. The lowest BCUT2D eigenvalue weighted by atomic mass is 9.91. The van der Waals surface area contributed by atoms with Gasteiger partial charge in [-0.1, -0.05) is 42.5 Å². The van der Waals surface area contributed by atoms with Gasteiger partial charge in [-0.3, -0.25) is 9.80 Å². The third kappa shape index (κ3) is 3.51. The summed E-state index contributed by atoms with van der Waals surface area (Å²) >= 11 is 0. The van der Waals surface area contributed by atoms with Gasteiger partial charge in [-0.2, -0.15) is 0 Å². The number of benzene rings is 3. The number of likely N-dealkylation sites (tertiary alicyclic amines) is 1. The molecule has 2 N–H and O–H groups in total. The molecule has 0 radical (unpaired) electrons. The molecule has 0 spiro atoms. The average Bonchev–Trinajstić information content (AvgIpc) is 3.44. The van der Waals surface area contributed by atoms with E-state index in [0.717, 1.165) is 42.1 Å². The van der Waals surface area contributed by atoms with Crippen molar-refractivity contribution in [2.24, 2.45) is 0 Å². The lowest BCUT2D eigenvalue weighted by Gasteiger charge is -2.35. The fourth-order valence-corrected chi connectivity index (χ4v) is 6.12. The maximum Gasteiger partial charge on any atom is 0.326 e. The van der Waals surface area contributed by atoms with Crippen LogP contribution in [-0.2, 0) is 13.1 Å². The first-order chi connectivity index (χ1) is 16.5. The van der Waals surface area contributed by atoms with E-state index in [4.69, 9.17) is 0 Å². The molecule has 5 heteroatoms. The van der Waals surface area contributed by atoms with E-state index in [1.807, 2.05) is 4.90 Å². The predicted molar refractivity (Wildman–Crippen MR) is 138 cm³/mol. The zero-order valence-electron chi connectivity index (χ0n) is 20.2. The van der Waals surface area contributed by atoms with Crippen molar-refractivity contribution in [3.05, 3.63) is 82.4 Å². The Balaban J connectivity index is 1.53. The second kappa shape index (κ2) is 8.26. The number of anilines is 2. The molecule has 3 aromatic carbocycles. The van der Waals surface area contributed by atoms with Crippen LogP contribution in [0.1, 0.15) is 34.2 Å². The number of para-hydroxylation sites is 1. The Hall–Kier alpha value is -3.15. The van der Waals surface area contributed by atoms with Gasteiger partial charge in [0.15, 0.2) is 0 Å². The van der Waals surface area contributed by atoms with E-state index >= 15 is 0 Å². The number of nitrogens with zero attached hydrogens (tertiary/aromatic N) is 2. The summed E-state index contributed by atoms with van der Waals surface area (Å²) in [7, 11) is 0. The fourth-order valence-electron chi connectivity index (χ4n) is 6.12. The van der Waals surface area contributed by atoms with Crippen LogP contribution in [0.4, 0.5) is 16.2 Å². The molecular weight excluding hydrogens is 420 g/mol. The zero-order valence-corrected chi connectivity index (χ0v) is 20.2. The van der Waals surface area contributed by atoms with Gasteiger partial charge in [-0.05, 0) is 72.7 Å². The minimum Gasteiger partial charge on any atom is -0.333 e. The number of rotatable bonds is 4. The predicted octanol–water partition coefficient (Wildman–Crippen LogP) is 5.19. The summed E-state index contributed by atoms with van der Waals surface area (Å²) in [6.07, 6.45) is 1.24. The van der Waals surface area contributed by atoms with Crippen molar-refractivity contribution in [1.82, 2.24) is 15.5 Å². The first-order valence-corrected chi connectivity index (χ1v) is 12.3. The monoisotopic (exact) mass is 452 g/mol. The van der Waals surface area contributed by atoms with Crippen LogP contribution in [0.15, 0.2) is 54.6 Å². The van der Waals surface area contributed by atoms with Crippen molar-refractivity contribution in [2.45, 2.75) is 52.4 Å². The number of amides is 2. The lowest BCUT2D eigenvalue weighted by molar-refractivity contribution is 0.218. The van der Waals surface area contributed by atoms with Gasteiger partial charge in [0.25, 0.3) is 0 Å². The smallest absolute Gasteiger partial charge is 0.326 e. The van der Waals surface area contributed by atoms with Crippen molar-refractivity contribution in [1.29, 1.82) is 0 Å². The Bertz CT molecular complexity index is 1260. The topological polar surface area (TPSA) is 47.6 Å². The number of carbonyl (C=O) groups excluding carboxylic acids is 1. The Morgan fingerprint density at radius 1 is 0.941 bits per heavy atom. The van der Waals surface area contributed by atoms with Crippen molar-refractivity contribution in [2.75, 3.05) is 18.0 Å². The first kappa shape index (κ1) is 21.4. The molecule has 2 atom stereocenters. The van der Waals surface area contributed by atoms with Gasteiger partial charge >= 0.3 is 6.03 Å². The van der Waals surface area contributed by atoms with Gasteiger partial charge in [-0.25, -0.2) is 4.79 Å². The van der Waals surface area contributed by atoms with Gasteiger partial charge in [0.2, 0.25) is 0 Å². The van der Waals surface area contributed by atoms with Crippen molar-refractivity contribution in [3.8, 4) is 11.1 Å². The van der Waals surface area contributed by atoms with Crippen molar-refractivity contribution in [3.63, 3.8) is 0 Å². The molecule has 2 saturated heterocycles. The fraction of sp³-hybridized carbons (Fsp3) is 0.345. The number of fused-ring (bicyclic) bond motifs is 3. The Labute approximate surface area is 201 Å². The van der Waals surface area contributed by atoms with E-state index in [-0.39, 0.29) is 6.03 Å². The second-order valence-corrected chi connectivity index (χ2v) is 10.1. The highest BCUT2D eigenvalue weighted by atomic mass is 16.2. The molecule has 2 fully saturated rings. The van der Waals surface area contributed by atoms with Crippen LogP contribution < -0.4 is 15.5 Å². The minimum absolute atomic E-state index is 0.0535. The van der Waals surface area contributed by atoms with E-state index in [2.05, 4.69) is 90.9 Å². The average molecular weight is 453 g/mol. The van der Waals surface area contributed by atoms with Crippen LogP contribution in [0.3, 0.4) is 0 Å². The van der Waals surface area contributed by atoms with Crippen molar-refractivity contribution >= 4 is 17.4 Å². The third-order valence-electron chi connectivity index (χ3n) is 7.80. The van der Waals surface area contributed by atoms with Gasteiger partial charge in [0.05, 0.1) is 11.4 Å². The molecule has 0 aliphatic carbocycles. The normalized spacial score (nSPS) is 21.6. The maximum atomic E-state index is 13.3. The van der Waals surface area contributed by atoms with E-state index in [9.17, 15) is 4.79 Å². The summed E-state index contributed by atoms with van der Waals surface area (Å²) in [5.41, 5.74) is 10.4. The second-order valence-electron chi connectivity index (χ2n) is 10.1. The highest BCUT2D eigenvalue weighted by Crippen LogP contribution is 2.42.